The summed E-state index contributed by atoms with van der Waals surface area (Å²) in [5.41, 5.74) is 4.22. The summed E-state index contributed by atoms with van der Waals surface area (Å²) in [4.78, 5) is 4.59. The van der Waals surface area contributed by atoms with Crippen molar-refractivity contribution in [2.45, 2.75) is 70.9 Å². The van der Waals surface area contributed by atoms with Crippen molar-refractivity contribution < 1.29 is 55.8 Å². The van der Waals surface area contributed by atoms with Gasteiger partial charge >= 0.3 is 17.4 Å². The van der Waals surface area contributed by atoms with Crippen molar-refractivity contribution in [3.05, 3.63) is 64.2 Å². The molecule has 3 nitrogen and oxygen atoms in total. The maximum absolute atomic E-state index is 13.1. The minimum Gasteiger partial charge on any atom is -1.00 e. The Morgan fingerprint density at radius 1 is 0.857 bits per heavy atom. The summed E-state index contributed by atoms with van der Waals surface area (Å²) < 4.78 is 0. The Morgan fingerprint density at radius 3 is 1.86 bits per heavy atom. The summed E-state index contributed by atoms with van der Waals surface area (Å²) in [7, 11) is 0. The van der Waals surface area contributed by atoms with Gasteiger partial charge in [-0.05, 0) is 45.1 Å². The monoisotopic (exact) mass is 650 g/mol. The van der Waals surface area contributed by atoms with E-state index in [1.54, 1.807) is 6.21 Å². The molecule has 11 heteroatoms. The first-order valence-corrected chi connectivity index (χ1v) is 9.61. The molecule has 2 unspecified atom stereocenters. The van der Waals surface area contributed by atoms with Gasteiger partial charge in [-0.25, -0.2) is 0 Å². The molecule has 0 aromatic heterocycles. The Labute approximate surface area is 231 Å². The zero-order valence-corrected chi connectivity index (χ0v) is 24.1. The minimum absolute atomic E-state index is 0. The van der Waals surface area contributed by atoms with Crippen molar-refractivity contribution in [3.63, 3.8) is 0 Å². The Balaban J connectivity index is -0.000000263. The molecule has 0 saturated heterocycles. The van der Waals surface area contributed by atoms with Crippen LogP contribution in [0, 0.1) is 0 Å². The van der Waals surface area contributed by atoms with Gasteiger partial charge in [0.1, 0.15) is 0 Å². The van der Waals surface area contributed by atoms with E-state index in [1.165, 1.54) is 0 Å². The van der Waals surface area contributed by atoms with Crippen LogP contribution in [0.2, 0.25) is 0 Å². The Bertz CT molecular complexity index is 905. The van der Waals surface area contributed by atoms with Crippen LogP contribution in [-0.2, 0) is 34.6 Å². The van der Waals surface area contributed by atoms with Gasteiger partial charge in [-0.2, -0.15) is 0 Å². The molecule has 2 atom stereocenters. The van der Waals surface area contributed by atoms with Crippen LogP contribution >= 0.6 is 0 Å². The van der Waals surface area contributed by atoms with Gasteiger partial charge in [-0.1, -0.05) is 89.8 Å². The number of halogens is 6. The number of hydrogen-bond donors (Lipinski definition) is 0. The number of hydrogen-bond acceptors (Lipinski definition) is 3. The third-order valence-electron chi connectivity index (χ3n) is 5.31. The van der Waals surface area contributed by atoms with E-state index in [0.29, 0.717) is 12.0 Å². The van der Waals surface area contributed by atoms with Crippen LogP contribution in [0.3, 0.4) is 0 Å². The molecule has 0 amide bonds. The zero-order chi connectivity index (χ0) is 20.0. The summed E-state index contributed by atoms with van der Waals surface area (Å²) in [6, 6.07) is 11.4. The summed E-state index contributed by atoms with van der Waals surface area (Å²) in [6.07, 6.45) is 1.34. The largest absolute Gasteiger partial charge is 3.00 e. The summed E-state index contributed by atoms with van der Waals surface area (Å²) in [5, 5.41) is 25.5. The van der Waals surface area contributed by atoms with Gasteiger partial charge in [0.2, 0.25) is 0 Å². The van der Waals surface area contributed by atoms with Gasteiger partial charge in [0.15, 0.2) is 0 Å². The second-order valence-electron chi connectivity index (χ2n) is 9.61. The van der Waals surface area contributed by atoms with Gasteiger partial charge in [0.05, 0.1) is 6.04 Å². The molecule has 0 fully saturated rings. The number of aliphatic imine (C=N–C) groups is 1. The van der Waals surface area contributed by atoms with Crippen LogP contribution in [0.4, 0.5) is 0 Å². The average Bonchev–Trinajstić information content (AvgIpc) is 2.87. The Kier molecular flexibility index (Phi) is 23.2. The van der Waals surface area contributed by atoms with Crippen LogP contribution in [-0.4, -0.2) is 36.7 Å². The predicted octanol–water partition coefficient (Wildman–Crippen LogP) is -14.6. The molecule has 0 N–H and O–H groups in total. The van der Waals surface area contributed by atoms with Gasteiger partial charge in [0, 0.05) is 30.6 Å². The fourth-order valence-electron chi connectivity index (χ4n) is 3.61. The number of rotatable bonds is 2. The minimum atomic E-state index is -0.790. The van der Waals surface area contributed by atoms with Crippen LogP contribution in [0.25, 0.3) is 0 Å². The van der Waals surface area contributed by atoms with Crippen molar-refractivity contribution in [2.24, 2.45) is 4.99 Å². The van der Waals surface area contributed by atoms with Crippen LogP contribution in [0.5, 0.6) is 5.75 Å². The van der Waals surface area contributed by atoms with Gasteiger partial charge in [-0.15, -0.1) is 0 Å². The van der Waals surface area contributed by atoms with Gasteiger partial charge in [0.25, 0.3) is 0 Å². The molecular formula is C24H29CrF6NO2Sb-5. The van der Waals surface area contributed by atoms with Crippen molar-refractivity contribution in [3.8, 4) is 5.75 Å². The van der Waals surface area contributed by atoms with E-state index >= 15 is 0 Å². The summed E-state index contributed by atoms with van der Waals surface area (Å²) in [5.74, 6) is 0.00739. The first kappa shape index (κ1) is 47.1. The van der Waals surface area contributed by atoms with E-state index in [-0.39, 0.29) is 86.6 Å². The first-order valence-electron chi connectivity index (χ1n) is 9.61. The molecule has 0 saturated carbocycles. The quantitative estimate of drug-likeness (QED) is 0.184. The third kappa shape index (κ3) is 10.4. The van der Waals surface area contributed by atoms with Crippen molar-refractivity contribution in [1.29, 1.82) is 0 Å². The molecule has 1 aliphatic rings. The number of fused-ring (bicyclic) bond motifs is 1. The second kappa shape index (κ2) is 17.3. The van der Waals surface area contributed by atoms with E-state index in [4.69, 9.17) is 0 Å². The van der Waals surface area contributed by atoms with Crippen LogP contribution in [0.1, 0.15) is 75.4 Å². The molecule has 1 aliphatic carbocycles. The molecule has 2 aromatic rings. The topological polar surface area (TPSA) is 58.5 Å². The first-order chi connectivity index (χ1) is 12.5. The maximum Gasteiger partial charge on any atom is 3.00 e. The van der Waals surface area contributed by atoms with Crippen molar-refractivity contribution in [2.75, 3.05) is 0 Å². The third-order valence-corrected chi connectivity index (χ3v) is 5.31. The fourth-order valence-corrected chi connectivity index (χ4v) is 3.61. The molecule has 4 radical (unpaired) electrons. The smallest absolute Gasteiger partial charge is 1.00 e. The Morgan fingerprint density at radius 2 is 1.37 bits per heavy atom. The van der Waals surface area contributed by atoms with Crippen LogP contribution < -0.4 is 38.4 Å². The molecule has 200 valence electrons. The molecule has 0 bridgehead atoms. The number of benzene rings is 2. The molecule has 3 rings (SSSR count). The van der Waals surface area contributed by atoms with Gasteiger partial charge < -0.3 is 38.4 Å². The molecule has 0 aliphatic heterocycles. The maximum atomic E-state index is 13.1. The van der Waals surface area contributed by atoms with E-state index in [0.717, 1.165) is 22.3 Å². The zero-order valence-electron chi connectivity index (χ0n) is 20.3. The Hall–Kier alpha value is -1.20. The molecule has 0 heterocycles. The second-order valence-corrected chi connectivity index (χ2v) is 9.61. The van der Waals surface area contributed by atoms with E-state index < -0.39 is 12.1 Å². The molecule has 35 heavy (non-hydrogen) atoms. The van der Waals surface area contributed by atoms with Crippen molar-refractivity contribution >= 4 is 30.6 Å². The molecule has 0 spiro atoms. The van der Waals surface area contributed by atoms with Crippen LogP contribution in [0.15, 0.2) is 41.4 Å². The summed E-state index contributed by atoms with van der Waals surface area (Å²) in [6.45, 7) is 12.6. The van der Waals surface area contributed by atoms with Crippen molar-refractivity contribution in [1.82, 2.24) is 0 Å². The average molecular weight is 651 g/mol. The fraction of sp³-hybridized carbons (Fsp3) is 0.458. The van der Waals surface area contributed by atoms with E-state index in [1.807, 2.05) is 36.4 Å². The van der Waals surface area contributed by atoms with Gasteiger partial charge in [-0.3, -0.25) is 4.99 Å². The predicted molar refractivity (Wildman–Crippen MR) is 113 cm³/mol. The van der Waals surface area contributed by atoms with E-state index in [9.17, 15) is 10.2 Å². The SMILES string of the molecule is CC(C)(C)c1cc(C=NC2c3ccccc3CC2[O-])c([O-])c(C(C)(C)C)c1.[Cr+3].[F-].[F-].[F-].[F-].[F-].[F-].[Sb]. The normalized spacial score (nSPS) is 15.6. The number of nitrogens with zero attached hydrogens (tertiary/aromatic N) is 1. The van der Waals surface area contributed by atoms with E-state index in [2.05, 4.69) is 46.5 Å². The molecular weight excluding hydrogens is 622 g/mol. The summed E-state index contributed by atoms with van der Waals surface area (Å²) >= 11 is 0. The standard InChI is InChI=1S/C24H30NO2.Cr.6FH.Sb/c1-23(2,3)17-11-16(22(27)19(13-17)24(4,5)6)14-25-21-18-10-8-7-9-15(18)12-20(21)26;;;;;;;;/h7-11,13-14,20-21,27H,12H2,1-6H3;;6*1H;/q-1;+3;;;;;;;/p-7. The molecule has 2 aromatic carbocycles.